The Morgan fingerprint density at radius 3 is 2.90 bits per heavy atom. The van der Waals surface area contributed by atoms with Crippen LogP contribution in [0.5, 0.6) is 0 Å². The molecule has 20 heavy (non-hydrogen) atoms. The van der Waals surface area contributed by atoms with E-state index in [9.17, 15) is 14.9 Å². The number of nitro benzene ring substituents is 1. The van der Waals surface area contributed by atoms with E-state index < -0.39 is 4.92 Å². The van der Waals surface area contributed by atoms with Gasteiger partial charge in [0, 0.05) is 42.7 Å². The molecule has 2 aromatic rings. The average Bonchev–Trinajstić information content (AvgIpc) is 3.14. The second kappa shape index (κ2) is 4.96. The van der Waals surface area contributed by atoms with Crippen LogP contribution in [0.3, 0.4) is 0 Å². The van der Waals surface area contributed by atoms with Crippen LogP contribution in [-0.4, -0.2) is 21.4 Å². The summed E-state index contributed by atoms with van der Waals surface area (Å²) in [6, 6.07) is 7.04. The van der Waals surface area contributed by atoms with Gasteiger partial charge in [-0.2, -0.15) is 0 Å². The van der Waals surface area contributed by atoms with Crippen molar-refractivity contribution in [1.82, 2.24) is 9.88 Å². The molecule has 6 heteroatoms. The lowest BCUT2D eigenvalue weighted by Gasteiger charge is -2.06. The van der Waals surface area contributed by atoms with E-state index in [2.05, 4.69) is 5.32 Å². The maximum atomic E-state index is 11.7. The van der Waals surface area contributed by atoms with E-state index in [0.717, 1.165) is 23.7 Å². The first kappa shape index (κ1) is 12.7. The third-order valence-electron chi connectivity index (χ3n) is 3.49. The highest BCUT2D eigenvalue weighted by atomic mass is 16.6. The number of nitro groups is 1. The normalized spacial score (nSPS) is 14.4. The highest BCUT2D eigenvalue weighted by molar-refractivity contribution is 5.83. The predicted octanol–water partition coefficient (Wildman–Crippen LogP) is 2.22. The number of benzene rings is 1. The monoisotopic (exact) mass is 273 g/mol. The topological polar surface area (TPSA) is 77.2 Å². The summed E-state index contributed by atoms with van der Waals surface area (Å²) >= 11 is 0. The molecule has 3 rings (SSSR count). The molecule has 0 saturated heterocycles. The first-order valence-corrected chi connectivity index (χ1v) is 6.66. The molecule has 0 aliphatic heterocycles. The molecule has 104 valence electrons. The lowest BCUT2D eigenvalue weighted by Crippen LogP contribution is -2.26. The molecule has 1 heterocycles. The fraction of sp³-hybridized carbons (Fsp3) is 0.357. The van der Waals surface area contributed by atoms with Crippen molar-refractivity contribution in [1.29, 1.82) is 0 Å². The Morgan fingerprint density at radius 2 is 2.20 bits per heavy atom. The number of fused-ring (bicyclic) bond motifs is 1. The molecule has 1 fully saturated rings. The summed E-state index contributed by atoms with van der Waals surface area (Å²) in [4.78, 5) is 22.1. The van der Waals surface area contributed by atoms with E-state index in [1.165, 1.54) is 6.07 Å². The van der Waals surface area contributed by atoms with Crippen LogP contribution in [-0.2, 0) is 11.3 Å². The van der Waals surface area contributed by atoms with Gasteiger partial charge >= 0.3 is 0 Å². The molecule has 0 atom stereocenters. The van der Waals surface area contributed by atoms with Crippen LogP contribution < -0.4 is 5.32 Å². The second-order valence-electron chi connectivity index (χ2n) is 5.10. The van der Waals surface area contributed by atoms with Crippen molar-refractivity contribution in [2.24, 2.45) is 0 Å². The van der Waals surface area contributed by atoms with Gasteiger partial charge in [-0.25, -0.2) is 0 Å². The summed E-state index contributed by atoms with van der Waals surface area (Å²) in [5, 5.41) is 14.7. The quantitative estimate of drug-likeness (QED) is 0.670. The third kappa shape index (κ3) is 2.64. The van der Waals surface area contributed by atoms with Crippen LogP contribution in [0.4, 0.5) is 5.69 Å². The molecule has 0 radical (unpaired) electrons. The van der Waals surface area contributed by atoms with Crippen molar-refractivity contribution < 1.29 is 9.72 Å². The van der Waals surface area contributed by atoms with Gasteiger partial charge in [0.25, 0.3) is 5.69 Å². The summed E-state index contributed by atoms with van der Waals surface area (Å²) in [5.74, 6) is 0.0415. The average molecular weight is 273 g/mol. The highest BCUT2D eigenvalue weighted by Gasteiger charge is 2.22. The SMILES string of the molecule is O=C(CCn1ccc2ccc([N+](=O)[O-])cc21)NC1CC1. The van der Waals surface area contributed by atoms with Gasteiger partial charge in [0.15, 0.2) is 0 Å². The second-order valence-corrected chi connectivity index (χ2v) is 5.10. The maximum absolute atomic E-state index is 11.7. The Morgan fingerprint density at radius 1 is 1.40 bits per heavy atom. The van der Waals surface area contributed by atoms with Crippen LogP contribution in [0.1, 0.15) is 19.3 Å². The van der Waals surface area contributed by atoms with Crippen molar-refractivity contribution in [3.05, 3.63) is 40.6 Å². The van der Waals surface area contributed by atoms with Crippen LogP contribution in [0.2, 0.25) is 0 Å². The molecular formula is C14H15N3O3. The highest BCUT2D eigenvalue weighted by Crippen LogP contribution is 2.22. The Hall–Kier alpha value is -2.37. The maximum Gasteiger partial charge on any atom is 0.271 e. The van der Waals surface area contributed by atoms with Gasteiger partial charge < -0.3 is 9.88 Å². The minimum Gasteiger partial charge on any atom is -0.353 e. The predicted molar refractivity (Wildman–Crippen MR) is 74.4 cm³/mol. The number of nitrogens with one attached hydrogen (secondary N) is 1. The van der Waals surface area contributed by atoms with E-state index in [1.807, 2.05) is 16.8 Å². The number of hydrogen-bond acceptors (Lipinski definition) is 3. The zero-order valence-corrected chi connectivity index (χ0v) is 10.9. The summed E-state index contributed by atoms with van der Waals surface area (Å²) in [5.41, 5.74) is 0.860. The number of rotatable bonds is 5. The molecule has 0 spiro atoms. The number of nitrogens with zero attached hydrogens (tertiary/aromatic N) is 2. The summed E-state index contributed by atoms with van der Waals surface area (Å²) in [6.07, 6.45) is 4.40. The summed E-state index contributed by atoms with van der Waals surface area (Å²) in [7, 11) is 0. The Kier molecular flexibility index (Phi) is 3.14. The van der Waals surface area contributed by atoms with E-state index in [0.29, 0.717) is 19.0 Å². The van der Waals surface area contributed by atoms with Gasteiger partial charge in [0.05, 0.1) is 10.4 Å². The molecular weight excluding hydrogens is 258 g/mol. The first-order chi connectivity index (χ1) is 9.63. The molecule has 1 aromatic carbocycles. The van der Waals surface area contributed by atoms with Crippen LogP contribution in [0.25, 0.3) is 10.9 Å². The van der Waals surface area contributed by atoms with Crippen LogP contribution >= 0.6 is 0 Å². The molecule has 1 saturated carbocycles. The Labute approximate surface area is 115 Å². The lowest BCUT2D eigenvalue weighted by atomic mass is 10.2. The van der Waals surface area contributed by atoms with Gasteiger partial charge in [-0.3, -0.25) is 14.9 Å². The number of aromatic nitrogens is 1. The van der Waals surface area contributed by atoms with Crippen molar-refractivity contribution in [2.45, 2.75) is 31.8 Å². The van der Waals surface area contributed by atoms with Crippen molar-refractivity contribution >= 4 is 22.5 Å². The molecule has 1 aliphatic rings. The van der Waals surface area contributed by atoms with Gasteiger partial charge in [-0.05, 0) is 25.0 Å². The number of aryl methyl sites for hydroxylation is 1. The summed E-state index contributed by atoms with van der Waals surface area (Å²) in [6.45, 7) is 0.531. The number of amides is 1. The molecule has 0 unspecified atom stereocenters. The standard InChI is InChI=1S/C14H15N3O3/c18-14(15-11-2-3-11)6-8-16-7-5-10-1-4-12(17(19)20)9-13(10)16/h1,4-5,7,9,11H,2-3,6,8H2,(H,15,18). The van der Waals surface area contributed by atoms with Crippen LogP contribution in [0.15, 0.2) is 30.5 Å². The van der Waals surface area contributed by atoms with E-state index in [1.54, 1.807) is 12.1 Å². The zero-order chi connectivity index (χ0) is 14.1. The fourth-order valence-electron chi connectivity index (χ4n) is 2.23. The van der Waals surface area contributed by atoms with E-state index in [-0.39, 0.29) is 11.6 Å². The minimum atomic E-state index is -0.406. The minimum absolute atomic E-state index is 0.0415. The summed E-state index contributed by atoms with van der Waals surface area (Å²) < 4.78 is 1.88. The van der Waals surface area contributed by atoms with E-state index in [4.69, 9.17) is 0 Å². The molecule has 0 bridgehead atoms. The van der Waals surface area contributed by atoms with Gasteiger partial charge in [0.2, 0.25) is 5.91 Å². The number of hydrogen-bond donors (Lipinski definition) is 1. The van der Waals surface area contributed by atoms with E-state index >= 15 is 0 Å². The number of carbonyl (C=O) groups excluding carboxylic acids is 1. The molecule has 1 N–H and O–H groups in total. The Bertz CT molecular complexity index is 673. The molecule has 1 amide bonds. The number of non-ortho nitro benzene ring substituents is 1. The molecule has 1 aromatic heterocycles. The fourth-order valence-corrected chi connectivity index (χ4v) is 2.23. The molecule has 6 nitrogen and oxygen atoms in total. The first-order valence-electron chi connectivity index (χ1n) is 6.66. The Balaban J connectivity index is 1.74. The van der Waals surface area contributed by atoms with Crippen LogP contribution in [0, 0.1) is 10.1 Å². The van der Waals surface area contributed by atoms with Crippen molar-refractivity contribution in [2.75, 3.05) is 0 Å². The zero-order valence-electron chi connectivity index (χ0n) is 10.9. The smallest absolute Gasteiger partial charge is 0.271 e. The largest absolute Gasteiger partial charge is 0.353 e. The van der Waals surface area contributed by atoms with Gasteiger partial charge in [-0.15, -0.1) is 0 Å². The van der Waals surface area contributed by atoms with Gasteiger partial charge in [0.1, 0.15) is 0 Å². The van der Waals surface area contributed by atoms with Crippen molar-refractivity contribution in [3.8, 4) is 0 Å². The van der Waals surface area contributed by atoms with Gasteiger partial charge in [-0.1, -0.05) is 0 Å². The third-order valence-corrected chi connectivity index (χ3v) is 3.49. The lowest BCUT2D eigenvalue weighted by molar-refractivity contribution is -0.384. The number of carbonyl (C=O) groups is 1. The van der Waals surface area contributed by atoms with Crippen molar-refractivity contribution in [3.63, 3.8) is 0 Å². The molecule has 1 aliphatic carbocycles.